The van der Waals surface area contributed by atoms with Gasteiger partial charge in [0.15, 0.2) is 0 Å². The van der Waals surface area contributed by atoms with Crippen LogP contribution >= 0.6 is 11.8 Å². The van der Waals surface area contributed by atoms with E-state index >= 15 is 0 Å². The van der Waals surface area contributed by atoms with Crippen LogP contribution in [0.1, 0.15) is 24.8 Å². The monoisotopic (exact) mass is 260 g/mol. The third kappa shape index (κ3) is 4.73. The predicted octanol–water partition coefficient (Wildman–Crippen LogP) is 3.62. The molecule has 0 saturated carbocycles. The largest absolute Gasteiger partial charge is 0.481 e. The fourth-order valence-electron chi connectivity index (χ4n) is 1.54. The van der Waals surface area contributed by atoms with Crippen LogP contribution in [0.5, 0.6) is 0 Å². The zero-order valence-electron chi connectivity index (χ0n) is 9.40. The van der Waals surface area contributed by atoms with Crippen LogP contribution in [0.15, 0.2) is 29.2 Å². The molecule has 0 spiro atoms. The first-order chi connectivity index (χ1) is 8.00. The molecule has 0 heterocycles. The number of hydrogen-bond acceptors (Lipinski definition) is 2. The van der Waals surface area contributed by atoms with Crippen molar-refractivity contribution in [3.05, 3.63) is 29.8 Å². The maximum absolute atomic E-state index is 12.1. The molecule has 0 bridgehead atoms. The van der Waals surface area contributed by atoms with Crippen LogP contribution < -0.4 is 0 Å². The van der Waals surface area contributed by atoms with Gasteiger partial charge in [0.2, 0.25) is 6.43 Å². The standard InChI is InChI=1S/C12H14F2O2S/c1-8(6-12(15)16)9-4-2-3-5-10(9)17-7-11(13)14/h2-5,8,11H,6-7H2,1H3,(H,15,16). The quantitative estimate of drug-likeness (QED) is 0.794. The smallest absolute Gasteiger partial charge is 0.303 e. The van der Waals surface area contributed by atoms with E-state index in [1.165, 1.54) is 0 Å². The third-order valence-corrected chi connectivity index (χ3v) is 3.40. The molecular weight excluding hydrogens is 246 g/mol. The van der Waals surface area contributed by atoms with E-state index in [-0.39, 0.29) is 18.1 Å². The van der Waals surface area contributed by atoms with Crippen LogP contribution in [0.3, 0.4) is 0 Å². The molecule has 1 atom stereocenters. The minimum atomic E-state index is -2.36. The Morgan fingerprint density at radius 3 is 2.65 bits per heavy atom. The van der Waals surface area contributed by atoms with Crippen molar-refractivity contribution in [3.63, 3.8) is 0 Å². The molecule has 2 nitrogen and oxygen atoms in total. The Morgan fingerprint density at radius 1 is 1.41 bits per heavy atom. The fraction of sp³-hybridized carbons (Fsp3) is 0.417. The van der Waals surface area contributed by atoms with Crippen molar-refractivity contribution in [2.24, 2.45) is 0 Å². The highest BCUT2D eigenvalue weighted by molar-refractivity contribution is 7.99. The molecule has 17 heavy (non-hydrogen) atoms. The summed E-state index contributed by atoms with van der Waals surface area (Å²) in [5.74, 6) is -1.32. The first-order valence-electron chi connectivity index (χ1n) is 5.22. The Balaban J connectivity index is 2.79. The average Bonchev–Trinajstić information content (AvgIpc) is 2.25. The summed E-state index contributed by atoms with van der Waals surface area (Å²) in [6.07, 6.45) is -2.35. The van der Waals surface area contributed by atoms with Gasteiger partial charge in [-0.25, -0.2) is 8.78 Å². The minimum absolute atomic E-state index is 0.00620. The summed E-state index contributed by atoms with van der Waals surface area (Å²) in [5.41, 5.74) is 0.820. The van der Waals surface area contributed by atoms with Gasteiger partial charge in [0, 0.05) is 4.90 Å². The Morgan fingerprint density at radius 2 is 2.06 bits per heavy atom. The van der Waals surface area contributed by atoms with Gasteiger partial charge in [0.25, 0.3) is 0 Å². The van der Waals surface area contributed by atoms with E-state index in [9.17, 15) is 13.6 Å². The van der Waals surface area contributed by atoms with Crippen molar-refractivity contribution in [2.75, 3.05) is 5.75 Å². The lowest BCUT2D eigenvalue weighted by molar-refractivity contribution is -0.137. The predicted molar refractivity (Wildman–Crippen MR) is 63.8 cm³/mol. The Bertz CT molecular complexity index is 383. The van der Waals surface area contributed by atoms with Crippen LogP contribution in [0.4, 0.5) is 8.78 Å². The summed E-state index contributed by atoms with van der Waals surface area (Å²) in [7, 11) is 0. The summed E-state index contributed by atoms with van der Waals surface area (Å²) in [5, 5.41) is 8.73. The number of benzene rings is 1. The van der Waals surface area contributed by atoms with Crippen LogP contribution in [-0.2, 0) is 4.79 Å². The van der Waals surface area contributed by atoms with Crippen LogP contribution in [-0.4, -0.2) is 23.3 Å². The molecule has 0 amide bonds. The van der Waals surface area contributed by atoms with Gasteiger partial charge in [-0.05, 0) is 17.5 Å². The van der Waals surface area contributed by atoms with E-state index in [1.807, 2.05) is 0 Å². The number of carboxylic acid groups (broad SMARTS) is 1. The molecule has 1 N–H and O–H groups in total. The normalized spacial score (nSPS) is 12.7. The highest BCUT2D eigenvalue weighted by Crippen LogP contribution is 2.31. The summed E-state index contributed by atoms with van der Waals surface area (Å²) in [6, 6.07) is 7.10. The topological polar surface area (TPSA) is 37.3 Å². The van der Waals surface area contributed by atoms with Crippen LogP contribution in [0, 0.1) is 0 Å². The molecule has 1 aromatic rings. The van der Waals surface area contributed by atoms with Crippen molar-refractivity contribution in [1.82, 2.24) is 0 Å². The Kier molecular flexibility index (Phi) is 5.41. The average molecular weight is 260 g/mol. The zero-order chi connectivity index (χ0) is 12.8. The molecule has 1 rings (SSSR count). The first kappa shape index (κ1) is 14.0. The van der Waals surface area contributed by atoms with E-state index in [0.29, 0.717) is 0 Å². The lowest BCUT2D eigenvalue weighted by Gasteiger charge is -2.14. The maximum atomic E-state index is 12.1. The molecule has 0 fully saturated rings. The van der Waals surface area contributed by atoms with Gasteiger partial charge in [0.05, 0.1) is 12.2 Å². The van der Waals surface area contributed by atoms with Crippen LogP contribution in [0.25, 0.3) is 0 Å². The van der Waals surface area contributed by atoms with E-state index in [0.717, 1.165) is 22.2 Å². The number of thioether (sulfide) groups is 1. The van der Waals surface area contributed by atoms with Crippen LogP contribution in [0.2, 0.25) is 0 Å². The molecule has 94 valence electrons. The molecule has 0 aliphatic carbocycles. The molecule has 0 aliphatic heterocycles. The zero-order valence-corrected chi connectivity index (χ0v) is 10.2. The van der Waals surface area contributed by atoms with Gasteiger partial charge >= 0.3 is 5.97 Å². The highest BCUT2D eigenvalue weighted by atomic mass is 32.2. The van der Waals surface area contributed by atoms with Gasteiger partial charge in [-0.1, -0.05) is 25.1 Å². The molecule has 5 heteroatoms. The SMILES string of the molecule is CC(CC(=O)O)c1ccccc1SCC(F)F. The second kappa shape index (κ2) is 6.59. The number of hydrogen-bond donors (Lipinski definition) is 1. The minimum Gasteiger partial charge on any atom is -0.481 e. The number of aliphatic carboxylic acids is 1. The van der Waals surface area contributed by atoms with E-state index < -0.39 is 12.4 Å². The summed E-state index contributed by atoms with van der Waals surface area (Å²) in [6.45, 7) is 1.79. The van der Waals surface area contributed by atoms with Gasteiger partial charge in [-0.15, -0.1) is 11.8 Å². The first-order valence-corrected chi connectivity index (χ1v) is 6.21. The number of carboxylic acids is 1. The molecule has 0 aromatic heterocycles. The Labute approximate surface area is 103 Å². The molecule has 0 radical (unpaired) electrons. The lowest BCUT2D eigenvalue weighted by atomic mass is 9.98. The summed E-state index contributed by atoms with van der Waals surface area (Å²) in [4.78, 5) is 11.4. The fourth-order valence-corrected chi connectivity index (χ4v) is 2.46. The maximum Gasteiger partial charge on any atom is 0.303 e. The Hall–Kier alpha value is -1.10. The van der Waals surface area contributed by atoms with Gasteiger partial charge in [-0.2, -0.15) is 0 Å². The van der Waals surface area contributed by atoms with Gasteiger partial charge in [0.1, 0.15) is 0 Å². The molecule has 1 unspecified atom stereocenters. The molecule has 1 aromatic carbocycles. The van der Waals surface area contributed by atoms with Crippen molar-refractivity contribution >= 4 is 17.7 Å². The highest BCUT2D eigenvalue weighted by Gasteiger charge is 2.15. The van der Waals surface area contributed by atoms with Crippen molar-refractivity contribution in [3.8, 4) is 0 Å². The second-order valence-electron chi connectivity index (χ2n) is 3.74. The molecule has 0 aliphatic rings. The van der Waals surface area contributed by atoms with Crippen molar-refractivity contribution in [2.45, 2.75) is 30.6 Å². The number of alkyl halides is 2. The summed E-state index contributed by atoms with van der Waals surface area (Å²) >= 11 is 1.07. The summed E-state index contributed by atoms with van der Waals surface area (Å²) < 4.78 is 24.3. The van der Waals surface area contributed by atoms with E-state index in [4.69, 9.17) is 5.11 Å². The number of rotatable bonds is 6. The number of carbonyl (C=O) groups is 1. The van der Waals surface area contributed by atoms with Crippen molar-refractivity contribution < 1.29 is 18.7 Å². The van der Waals surface area contributed by atoms with E-state index in [2.05, 4.69) is 0 Å². The molecule has 0 saturated heterocycles. The number of halogens is 2. The third-order valence-electron chi connectivity index (χ3n) is 2.30. The van der Waals surface area contributed by atoms with Gasteiger partial charge < -0.3 is 5.11 Å². The van der Waals surface area contributed by atoms with Crippen molar-refractivity contribution in [1.29, 1.82) is 0 Å². The van der Waals surface area contributed by atoms with E-state index in [1.54, 1.807) is 31.2 Å². The molecular formula is C12H14F2O2S. The second-order valence-corrected chi connectivity index (χ2v) is 4.80. The van der Waals surface area contributed by atoms with Gasteiger partial charge in [-0.3, -0.25) is 4.79 Å². The lowest BCUT2D eigenvalue weighted by Crippen LogP contribution is -2.04.